The maximum absolute atomic E-state index is 11.3. The van der Waals surface area contributed by atoms with Gasteiger partial charge in [0.05, 0.1) is 11.5 Å². The average Bonchev–Trinajstić information content (AvgIpc) is 2.28. The van der Waals surface area contributed by atoms with Crippen molar-refractivity contribution in [3.8, 4) is 5.88 Å². The highest BCUT2D eigenvalue weighted by Gasteiger charge is 2.18. The molecule has 0 saturated heterocycles. The molecular formula is C10H13N3O5. The average molecular weight is 255 g/mol. The van der Waals surface area contributed by atoms with Crippen molar-refractivity contribution in [1.29, 1.82) is 0 Å². The van der Waals surface area contributed by atoms with Gasteiger partial charge in [-0.1, -0.05) is 0 Å². The lowest BCUT2D eigenvalue weighted by Gasteiger charge is -2.12. The molecule has 1 aromatic rings. The quantitative estimate of drug-likeness (QED) is 0.471. The van der Waals surface area contributed by atoms with E-state index < -0.39 is 17.0 Å². The van der Waals surface area contributed by atoms with Crippen LogP contribution in [0.25, 0.3) is 0 Å². The van der Waals surface area contributed by atoms with Gasteiger partial charge in [0, 0.05) is 12.1 Å². The number of hydrogen-bond acceptors (Lipinski definition) is 7. The van der Waals surface area contributed by atoms with E-state index >= 15 is 0 Å². The summed E-state index contributed by atoms with van der Waals surface area (Å²) in [5, 5.41) is 10.5. The molecular weight excluding hydrogens is 242 g/mol. The van der Waals surface area contributed by atoms with Crippen molar-refractivity contribution >= 4 is 17.5 Å². The normalized spacial score (nSPS) is 11.7. The second-order valence-corrected chi connectivity index (χ2v) is 3.32. The number of aromatic nitrogens is 1. The third-order valence-electron chi connectivity index (χ3n) is 1.99. The Balaban J connectivity index is 2.77. The van der Waals surface area contributed by atoms with Crippen LogP contribution in [0.15, 0.2) is 12.1 Å². The number of pyridine rings is 1. The van der Waals surface area contributed by atoms with Gasteiger partial charge < -0.3 is 15.2 Å². The van der Waals surface area contributed by atoms with Crippen LogP contribution in [0.5, 0.6) is 5.88 Å². The predicted octanol–water partition coefficient (Wildman–Crippen LogP) is 0.902. The first kappa shape index (κ1) is 13.7. The van der Waals surface area contributed by atoms with Gasteiger partial charge in [0.2, 0.25) is 11.7 Å². The van der Waals surface area contributed by atoms with Gasteiger partial charge in [0.1, 0.15) is 0 Å². The first-order valence-corrected chi connectivity index (χ1v) is 5.20. The highest BCUT2D eigenvalue weighted by atomic mass is 16.6. The molecule has 1 rings (SSSR count). The summed E-state index contributed by atoms with van der Waals surface area (Å²) < 4.78 is 9.89. The van der Waals surface area contributed by atoms with Crippen LogP contribution in [0.4, 0.5) is 11.5 Å². The van der Waals surface area contributed by atoms with Crippen LogP contribution in [0.1, 0.15) is 13.8 Å². The summed E-state index contributed by atoms with van der Waals surface area (Å²) in [6, 6.07) is 2.43. The Hall–Kier alpha value is -2.38. The van der Waals surface area contributed by atoms with Crippen LogP contribution < -0.4 is 10.5 Å². The highest BCUT2D eigenvalue weighted by Crippen LogP contribution is 2.22. The van der Waals surface area contributed by atoms with Gasteiger partial charge in [0.15, 0.2) is 6.10 Å². The van der Waals surface area contributed by atoms with Gasteiger partial charge in [-0.3, -0.25) is 10.1 Å². The molecule has 18 heavy (non-hydrogen) atoms. The van der Waals surface area contributed by atoms with E-state index in [9.17, 15) is 14.9 Å². The first-order valence-electron chi connectivity index (χ1n) is 5.20. The van der Waals surface area contributed by atoms with Crippen molar-refractivity contribution in [1.82, 2.24) is 4.98 Å². The van der Waals surface area contributed by atoms with Crippen molar-refractivity contribution < 1.29 is 19.2 Å². The smallest absolute Gasteiger partial charge is 0.347 e. The molecule has 0 unspecified atom stereocenters. The van der Waals surface area contributed by atoms with E-state index in [0.717, 1.165) is 6.07 Å². The van der Waals surface area contributed by atoms with Crippen molar-refractivity contribution in [2.75, 3.05) is 12.3 Å². The Labute approximate surface area is 103 Å². The number of anilines is 1. The minimum atomic E-state index is -0.863. The van der Waals surface area contributed by atoms with Crippen molar-refractivity contribution in [2.45, 2.75) is 20.0 Å². The van der Waals surface area contributed by atoms with Crippen LogP contribution in [0.2, 0.25) is 0 Å². The van der Waals surface area contributed by atoms with E-state index in [1.165, 1.54) is 13.0 Å². The van der Waals surface area contributed by atoms with E-state index in [1.54, 1.807) is 6.92 Å². The van der Waals surface area contributed by atoms with Gasteiger partial charge in [-0.25, -0.2) is 4.79 Å². The van der Waals surface area contributed by atoms with E-state index in [4.69, 9.17) is 15.2 Å². The fourth-order valence-electron chi connectivity index (χ4n) is 1.16. The maximum Gasteiger partial charge on any atom is 0.347 e. The lowest BCUT2D eigenvalue weighted by atomic mass is 10.4. The SMILES string of the molecule is CCOC(=O)[C@@H](C)Oc1ccc([N+](=O)[O-])c(N)n1. The molecule has 1 aromatic heterocycles. The van der Waals surface area contributed by atoms with Crippen LogP contribution in [0, 0.1) is 10.1 Å². The molecule has 0 radical (unpaired) electrons. The number of nitrogen functional groups attached to an aromatic ring is 1. The van der Waals surface area contributed by atoms with Crippen LogP contribution in [0.3, 0.4) is 0 Å². The molecule has 0 saturated carbocycles. The van der Waals surface area contributed by atoms with Gasteiger partial charge in [0.25, 0.3) is 0 Å². The minimum absolute atomic E-state index is 0.0265. The van der Waals surface area contributed by atoms with Gasteiger partial charge >= 0.3 is 11.7 Å². The topological polar surface area (TPSA) is 118 Å². The van der Waals surface area contributed by atoms with Crippen molar-refractivity contribution in [3.63, 3.8) is 0 Å². The molecule has 0 bridgehead atoms. The van der Waals surface area contributed by atoms with Crippen LogP contribution >= 0.6 is 0 Å². The zero-order valence-corrected chi connectivity index (χ0v) is 9.95. The van der Waals surface area contributed by atoms with Crippen LogP contribution in [-0.2, 0) is 9.53 Å². The van der Waals surface area contributed by atoms with Crippen molar-refractivity contribution in [2.24, 2.45) is 0 Å². The van der Waals surface area contributed by atoms with Gasteiger partial charge in [-0.15, -0.1) is 0 Å². The second kappa shape index (κ2) is 5.80. The summed E-state index contributed by atoms with van der Waals surface area (Å²) in [6.45, 7) is 3.40. The number of rotatable bonds is 5. The van der Waals surface area contributed by atoms with Gasteiger partial charge in [-0.2, -0.15) is 4.98 Å². The zero-order valence-electron chi connectivity index (χ0n) is 9.95. The first-order chi connectivity index (χ1) is 8.45. The Bertz CT molecular complexity index is 463. The zero-order chi connectivity index (χ0) is 13.7. The summed E-state index contributed by atoms with van der Waals surface area (Å²) >= 11 is 0. The minimum Gasteiger partial charge on any atom is -0.463 e. The Kier molecular flexibility index (Phi) is 4.41. The number of nitrogens with two attached hydrogens (primary N) is 1. The Morgan fingerprint density at radius 1 is 1.61 bits per heavy atom. The number of hydrogen-bond donors (Lipinski definition) is 1. The molecule has 0 amide bonds. The molecule has 0 aliphatic carbocycles. The maximum atomic E-state index is 11.3. The molecule has 0 aliphatic rings. The number of carbonyl (C=O) groups excluding carboxylic acids is 1. The fraction of sp³-hybridized carbons (Fsp3) is 0.400. The number of carbonyl (C=O) groups is 1. The second-order valence-electron chi connectivity index (χ2n) is 3.32. The molecule has 0 fully saturated rings. The van der Waals surface area contributed by atoms with Crippen LogP contribution in [-0.4, -0.2) is 28.6 Å². The molecule has 2 N–H and O–H groups in total. The molecule has 8 nitrogen and oxygen atoms in total. The fourth-order valence-corrected chi connectivity index (χ4v) is 1.16. The summed E-state index contributed by atoms with van der Waals surface area (Å²) in [7, 11) is 0. The summed E-state index contributed by atoms with van der Waals surface area (Å²) in [5.74, 6) is -0.788. The number of nitrogens with zero attached hydrogens (tertiary/aromatic N) is 2. The monoisotopic (exact) mass is 255 g/mol. The lowest BCUT2D eigenvalue weighted by molar-refractivity contribution is -0.384. The lowest BCUT2D eigenvalue weighted by Crippen LogP contribution is -2.26. The van der Waals surface area contributed by atoms with Gasteiger partial charge in [-0.05, 0) is 13.8 Å². The molecule has 8 heteroatoms. The number of esters is 1. The molecule has 1 heterocycles. The molecule has 98 valence electrons. The Morgan fingerprint density at radius 3 is 2.78 bits per heavy atom. The number of nitro groups is 1. The largest absolute Gasteiger partial charge is 0.463 e. The van der Waals surface area contributed by atoms with Crippen molar-refractivity contribution in [3.05, 3.63) is 22.2 Å². The molecule has 0 aromatic carbocycles. The van der Waals surface area contributed by atoms with E-state index in [2.05, 4.69) is 4.98 Å². The van der Waals surface area contributed by atoms with E-state index in [0.29, 0.717) is 0 Å². The Morgan fingerprint density at radius 2 is 2.28 bits per heavy atom. The predicted molar refractivity (Wildman–Crippen MR) is 62.0 cm³/mol. The summed E-state index contributed by atoms with van der Waals surface area (Å²) in [5.41, 5.74) is 5.07. The molecule has 0 aliphatic heterocycles. The molecule has 0 spiro atoms. The number of ether oxygens (including phenoxy) is 2. The van der Waals surface area contributed by atoms with E-state index in [1.807, 2.05) is 0 Å². The van der Waals surface area contributed by atoms with E-state index in [-0.39, 0.29) is 24.0 Å². The molecule has 1 atom stereocenters. The standard InChI is InChI=1S/C10H13N3O5/c1-3-17-10(14)6(2)18-8-5-4-7(13(15)16)9(11)12-8/h4-6H,3H2,1-2H3,(H2,11,12)/t6-/m1/s1. The summed E-state index contributed by atoms with van der Waals surface area (Å²) in [6.07, 6.45) is -0.863. The summed E-state index contributed by atoms with van der Waals surface area (Å²) in [4.78, 5) is 24.8. The highest BCUT2D eigenvalue weighted by molar-refractivity contribution is 5.74. The third kappa shape index (κ3) is 3.30. The third-order valence-corrected chi connectivity index (χ3v) is 1.99.